The van der Waals surface area contributed by atoms with Crippen LogP contribution in [-0.2, 0) is 11.2 Å². The van der Waals surface area contributed by atoms with Gasteiger partial charge in [0.1, 0.15) is 0 Å². The average Bonchev–Trinajstić information content (AvgIpc) is 2.72. The molecule has 0 fully saturated rings. The normalized spacial score (nSPS) is 12.4. The summed E-state index contributed by atoms with van der Waals surface area (Å²) in [7, 11) is 3.52. The molecule has 2 rings (SSSR count). The Morgan fingerprint density at radius 1 is 1.21 bits per heavy atom. The second-order valence-corrected chi connectivity index (χ2v) is 7.01. The number of hydrogen-bond donors (Lipinski definition) is 2. The van der Waals surface area contributed by atoms with Gasteiger partial charge in [0.05, 0.1) is 6.54 Å². The lowest BCUT2D eigenvalue weighted by molar-refractivity contribution is -0.128. The van der Waals surface area contributed by atoms with Crippen LogP contribution in [0.5, 0.6) is 0 Å². The molecule has 2 N–H and O–H groups in total. The SMILES string of the molecule is CN=C(NCC(=O)N(C)CCc1ccccn1)NCC(C)c1cccc(C)c1. The number of rotatable bonds is 8. The molecule has 1 aromatic carbocycles. The molecule has 1 aromatic heterocycles. The number of nitrogens with one attached hydrogen (secondary N) is 2. The first-order valence-corrected chi connectivity index (χ1v) is 9.64. The minimum atomic E-state index is 0.0191. The minimum absolute atomic E-state index is 0.0191. The van der Waals surface area contributed by atoms with Gasteiger partial charge in [-0.3, -0.25) is 14.8 Å². The lowest BCUT2D eigenvalue weighted by atomic mass is 9.99. The molecule has 2 aromatic rings. The number of aliphatic imine (C=N–C) groups is 1. The molecule has 6 heteroatoms. The number of aryl methyl sites for hydroxylation is 1. The van der Waals surface area contributed by atoms with Crippen molar-refractivity contribution in [1.82, 2.24) is 20.5 Å². The summed E-state index contributed by atoms with van der Waals surface area (Å²) in [6, 6.07) is 14.3. The Morgan fingerprint density at radius 3 is 2.71 bits per heavy atom. The van der Waals surface area contributed by atoms with Gasteiger partial charge in [-0.25, -0.2) is 0 Å². The summed E-state index contributed by atoms with van der Waals surface area (Å²) in [5.41, 5.74) is 3.53. The van der Waals surface area contributed by atoms with Crippen molar-refractivity contribution in [3.05, 3.63) is 65.5 Å². The maximum atomic E-state index is 12.3. The van der Waals surface area contributed by atoms with E-state index in [1.807, 2.05) is 25.2 Å². The summed E-state index contributed by atoms with van der Waals surface area (Å²) in [5, 5.41) is 6.40. The number of aromatic nitrogens is 1. The van der Waals surface area contributed by atoms with Gasteiger partial charge in [0.15, 0.2) is 5.96 Å². The third-order valence-electron chi connectivity index (χ3n) is 4.67. The first kappa shape index (κ1) is 21.4. The maximum Gasteiger partial charge on any atom is 0.241 e. The number of guanidine groups is 1. The predicted molar refractivity (Wildman–Crippen MR) is 115 cm³/mol. The number of hydrogen-bond acceptors (Lipinski definition) is 3. The molecule has 150 valence electrons. The van der Waals surface area contributed by atoms with Gasteiger partial charge in [-0.2, -0.15) is 0 Å². The highest BCUT2D eigenvalue weighted by Gasteiger charge is 2.11. The highest BCUT2D eigenvalue weighted by molar-refractivity contribution is 5.86. The standard InChI is InChI=1S/C22H31N5O/c1-17-8-7-9-19(14-17)18(2)15-25-22(23-3)26-16-21(28)27(4)13-11-20-10-5-6-12-24-20/h5-10,12,14,18H,11,13,15-16H2,1-4H3,(H2,23,25,26). The third kappa shape index (κ3) is 7.02. The van der Waals surface area contributed by atoms with Crippen LogP contribution in [0.4, 0.5) is 0 Å². The van der Waals surface area contributed by atoms with Crippen molar-refractivity contribution in [2.75, 3.05) is 33.7 Å². The highest BCUT2D eigenvalue weighted by atomic mass is 16.2. The molecule has 0 aliphatic carbocycles. The van der Waals surface area contributed by atoms with Crippen molar-refractivity contribution in [3.8, 4) is 0 Å². The first-order chi connectivity index (χ1) is 13.5. The number of amides is 1. The molecule has 0 aliphatic rings. The lowest BCUT2D eigenvalue weighted by Crippen LogP contribution is -2.44. The van der Waals surface area contributed by atoms with Gasteiger partial charge < -0.3 is 15.5 Å². The smallest absolute Gasteiger partial charge is 0.241 e. The molecule has 1 amide bonds. The van der Waals surface area contributed by atoms with Crippen molar-refractivity contribution in [2.24, 2.45) is 4.99 Å². The van der Waals surface area contributed by atoms with Crippen LogP contribution in [0.15, 0.2) is 53.7 Å². The molecular formula is C22H31N5O. The van der Waals surface area contributed by atoms with Crippen LogP contribution >= 0.6 is 0 Å². The van der Waals surface area contributed by atoms with E-state index < -0.39 is 0 Å². The number of carbonyl (C=O) groups excluding carboxylic acids is 1. The summed E-state index contributed by atoms with van der Waals surface area (Å²) in [6.45, 7) is 5.85. The zero-order valence-electron chi connectivity index (χ0n) is 17.3. The second kappa shape index (κ2) is 11.1. The average molecular weight is 382 g/mol. The number of benzene rings is 1. The molecule has 0 aliphatic heterocycles. The number of carbonyl (C=O) groups is 1. The van der Waals surface area contributed by atoms with E-state index >= 15 is 0 Å². The lowest BCUT2D eigenvalue weighted by Gasteiger charge is -2.19. The van der Waals surface area contributed by atoms with Crippen LogP contribution < -0.4 is 10.6 Å². The summed E-state index contributed by atoms with van der Waals surface area (Å²) in [4.78, 5) is 22.6. The summed E-state index contributed by atoms with van der Waals surface area (Å²) in [6.07, 6.45) is 2.51. The predicted octanol–water partition coefficient (Wildman–Crippen LogP) is 2.36. The Kier molecular flexibility index (Phi) is 8.46. The Hall–Kier alpha value is -2.89. The van der Waals surface area contributed by atoms with Gasteiger partial charge in [0.2, 0.25) is 5.91 Å². The zero-order valence-corrected chi connectivity index (χ0v) is 17.3. The van der Waals surface area contributed by atoms with Crippen molar-refractivity contribution in [3.63, 3.8) is 0 Å². The van der Waals surface area contributed by atoms with E-state index in [1.165, 1.54) is 11.1 Å². The van der Waals surface area contributed by atoms with Crippen molar-refractivity contribution >= 4 is 11.9 Å². The Bertz CT molecular complexity index is 776. The van der Waals surface area contributed by atoms with Gasteiger partial charge in [0, 0.05) is 45.5 Å². The molecule has 0 spiro atoms. The van der Waals surface area contributed by atoms with Crippen LogP contribution in [-0.4, -0.2) is 55.5 Å². The van der Waals surface area contributed by atoms with Crippen LogP contribution in [0.2, 0.25) is 0 Å². The van der Waals surface area contributed by atoms with Crippen LogP contribution in [0, 0.1) is 6.92 Å². The fourth-order valence-corrected chi connectivity index (χ4v) is 2.81. The highest BCUT2D eigenvalue weighted by Crippen LogP contribution is 2.15. The molecule has 1 unspecified atom stereocenters. The molecule has 0 saturated heterocycles. The van der Waals surface area contributed by atoms with E-state index in [2.05, 4.69) is 58.7 Å². The van der Waals surface area contributed by atoms with E-state index in [0.717, 1.165) is 18.7 Å². The van der Waals surface area contributed by atoms with E-state index in [0.29, 0.717) is 18.4 Å². The number of nitrogens with zero attached hydrogens (tertiary/aromatic N) is 3. The van der Waals surface area contributed by atoms with Gasteiger partial charge in [-0.05, 0) is 30.5 Å². The maximum absolute atomic E-state index is 12.3. The van der Waals surface area contributed by atoms with Gasteiger partial charge in [-0.15, -0.1) is 0 Å². The Morgan fingerprint density at radius 2 is 2.04 bits per heavy atom. The molecule has 0 saturated carbocycles. The van der Waals surface area contributed by atoms with E-state index in [1.54, 1.807) is 18.1 Å². The van der Waals surface area contributed by atoms with Crippen LogP contribution in [0.1, 0.15) is 29.7 Å². The largest absolute Gasteiger partial charge is 0.356 e. The molecule has 1 atom stereocenters. The van der Waals surface area contributed by atoms with E-state index in [4.69, 9.17) is 0 Å². The topological polar surface area (TPSA) is 69.6 Å². The van der Waals surface area contributed by atoms with Crippen molar-refractivity contribution < 1.29 is 4.79 Å². The zero-order chi connectivity index (χ0) is 20.4. The van der Waals surface area contributed by atoms with Gasteiger partial charge in [0.25, 0.3) is 0 Å². The van der Waals surface area contributed by atoms with E-state index in [-0.39, 0.29) is 12.5 Å². The number of pyridine rings is 1. The summed E-state index contributed by atoms with van der Waals surface area (Å²) >= 11 is 0. The molecule has 0 radical (unpaired) electrons. The Balaban J connectivity index is 1.74. The molecule has 0 bridgehead atoms. The molecule has 28 heavy (non-hydrogen) atoms. The monoisotopic (exact) mass is 381 g/mol. The Labute approximate surface area is 168 Å². The fourth-order valence-electron chi connectivity index (χ4n) is 2.81. The first-order valence-electron chi connectivity index (χ1n) is 9.64. The fraction of sp³-hybridized carbons (Fsp3) is 0.409. The number of likely N-dealkylation sites (N-methyl/N-ethyl adjacent to an activating group) is 1. The molecular weight excluding hydrogens is 350 g/mol. The summed E-state index contributed by atoms with van der Waals surface area (Å²) in [5.74, 6) is 0.992. The summed E-state index contributed by atoms with van der Waals surface area (Å²) < 4.78 is 0. The van der Waals surface area contributed by atoms with E-state index in [9.17, 15) is 4.79 Å². The third-order valence-corrected chi connectivity index (χ3v) is 4.67. The van der Waals surface area contributed by atoms with Crippen LogP contribution in [0.3, 0.4) is 0 Å². The van der Waals surface area contributed by atoms with Crippen LogP contribution in [0.25, 0.3) is 0 Å². The second-order valence-electron chi connectivity index (χ2n) is 7.01. The quantitative estimate of drug-likeness (QED) is 0.544. The van der Waals surface area contributed by atoms with Crippen molar-refractivity contribution in [1.29, 1.82) is 0 Å². The molecule has 1 heterocycles. The molecule has 6 nitrogen and oxygen atoms in total. The van der Waals surface area contributed by atoms with Gasteiger partial charge in [-0.1, -0.05) is 42.8 Å². The van der Waals surface area contributed by atoms with Gasteiger partial charge >= 0.3 is 0 Å². The van der Waals surface area contributed by atoms with Crippen molar-refractivity contribution in [2.45, 2.75) is 26.2 Å². The minimum Gasteiger partial charge on any atom is -0.356 e.